The molecule has 0 saturated heterocycles. The molecule has 0 rings (SSSR count). The molecule has 0 saturated carbocycles. The monoisotopic (exact) mass is 216 g/mol. The van der Waals surface area contributed by atoms with Gasteiger partial charge in [-0.25, -0.2) is 4.79 Å². The molecule has 90 valence electrons. The van der Waals surface area contributed by atoms with Gasteiger partial charge in [-0.05, 0) is 40.5 Å². The van der Waals surface area contributed by atoms with Gasteiger partial charge in [0.15, 0.2) is 0 Å². The lowest BCUT2D eigenvalue weighted by molar-refractivity contribution is -0.0621. The van der Waals surface area contributed by atoms with Crippen LogP contribution in [0.4, 0.5) is 4.79 Å². The van der Waals surface area contributed by atoms with E-state index in [2.05, 4.69) is 6.92 Å². The molecular formula is C12H24O3. The molecule has 0 heterocycles. The van der Waals surface area contributed by atoms with Gasteiger partial charge in [0.05, 0.1) is 0 Å². The first-order chi connectivity index (χ1) is 6.72. The summed E-state index contributed by atoms with van der Waals surface area (Å²) in [6.07, 6.45) is 2.03. The third-order valence-electron chi connectivity index (χ3n) is 2.42. The number of ether oxygens (including phenoxy) is 2. The van der Waals surface area contributed by atoms with Crippen LogP contribution in [-0.4, -0.2) is 17.4 Å². The number of carbonyl (C=O) groups excluding carboxylic acids is 1. The summed E-state index contributed by atoms with van der Waals surface area (Å²) in [6.45, 7) is 11.6. The lowest BCUT2D eigenvalue weighted by Crippen LogP contribution is -2.33. The molecule has 0 aliphatic carbocycles. The average molecular weight is 216 g/mol. The highest BCUT2D eigenvalue weighted by atomic mass is 16.7. The Hall–Kier alpha value is -0.730. The van der Waals surface area contributed by atoms with Gasteiger partial charge in [-0.15, -0.1) is 0 Å². The van der Waals surface area contributed by atoms with Gasteiger partial charge in [0.25, 0.3) is 0 Å². The van der Waals surface area contributed by atoms with E-state index in [1.165, 1.54) is 0 Å². The van der Waals surface area contributed by atoms with Crippen LogP contribution in [0.5, 0.6) is 0 Å². The molecule has 0 aromatic rings. The van der Waals surface area contributed by atoms with E-state index in [1.54, 1.807) is 0 Å². The van der Waals surface area contributed by atoms with Crippen molar-refractivity contribution in [2.45, 2.75) is 72.0 Å². The van der Waals surface area contributed by atoms with Crippen molar-refractivity contribution >= 4 is 6.16 Å². The Labute approximate surface area is 93.1 Å². The van der Waals surface area contributed by atoms with Crippen LogP contribution in [0.25, 0.3) is 0 Å². The first kappa shape index (κ1) is 14.3. The summed E-state index contributed by atoms with van der Waals surface area (Å²) in [5.41, 5.74) is -0.880. The highest BCUT2D eigenvalue weighted by molar-refractivity contribution is 5.61. The molecule has 3 heteroatoms. The highest BCUT2D eigenvalue weighted by Gasteiger charge is 2.27. The minimum absolute atomic E-state index is 0.435. The molecular weight excluding hydrogens is 192 g/mol. The molecule has 15 heavy (non-hydrogen) atoms. The molecule has 0 N–H and O–H groups in total. The Bertz CT molecular complexity index is 207. The second-order valence-corrected chi connectivity index (χ2v) is 5.08. The quantitative estimate of drug-likeness (QED) is 0.654. The molecule has 0 aliphatic heterocycles. The Morgan fingerprint density at radius 3 is 1.87 bits per heavy atom. The van der Waals surface area contributed by atoms with Gasteiger partial charge in [0, 0.05) is 0 Å². The van der Waals surface area contributed by atoms with Gasteiger partial charge in [-0.2, -0.15) is 0 Å². The van der Waals surface area contributed by atoms with Crippen molar-refractivity contribution in [1.82, 2.24) is 0 Å². The van der Waals surface area contributed by atoms with E-state index in [4.69, 9.17) is 9.47 Å². The third kappa shape index (κ3) is 6.37. The second-order valence-electron chi connectivity index (χ2n) is 5.08. The van der Waals surface area contributed by atoms with Gasteiger partial charge < -0.3 is 9.47 Å². The fourth-order valence-corrected chi connectivity index (χ4v) is 1.20. The summed E-state index contributed by atoms with van der Waals surface area (Å²) < 4.78 is 10.5. The lowest BCUT2D eigenvalue weighted by Gasteiger charge is -2.28. The maximum atomic E-state index is 11.5. The van der Waals surface area contributed by atoms with Crippen molar-refractivity contribution in [2.75, 3.05) is 0 Å². The summed E-state index contributed by atoms with van der Waals surface area (Å²) in [5, 5.41) is 0. The van der Waals surface area contributed by atoms with Crippen LogP contribution in [0, 0.1) is 0 Å². The number of hydrogen-bond donors (Lipinski definition) is 0. The van der Waals surface area contributed by atoms with E-state index in [9.17, 15) is 4.79 Å². The molecule has 0 unspecified atom stereocenters. The normalized spacial score (nSPS) is 12.4. The zero-order chi connectivity index (χ0) is 12.1. The summed E-state index contributed by atoms with van der Waals surface area (Å²) in [7, 11) is 0. The van der Waals surface area contributed by atoms with Crippen LogP contribution in [0.15, 0.2) is 0 Å². The average Bonchev–Trinajstić information content (AvgIpc) is 2.01. The van der Waals surface area contributed by atoms with Gasteiger partial charge in [-0.3, -0.25) is 0 Å². The van der Waals surface area contributed by atoms with Crippen molar-refractivity contribution in [2.24, 2.45) is 0 Å². The first-order valence-corrected chi connectivity index (χ1v) is 5.64. The van der Waals surface area contributed by atoms with Crippen LogP contribution in [0.3, 0.4) is 0 Å². The lowest BCUT2D eigenvalue weighted by atomic mass is 10.0. The molecule has 0 aromatic heterocycles. The standard InChI is InChI=1S/C12H24O3/c1-7-9-12(5,6)15-10(13)14-11(3,4)8-2/h7-9H2,1-6H3. The number of hydrogen-bond acceptors (Lipinski definition) is 3. The summed E-state index contributed by atoms with van der Waals surface area (Å²) in [4.78, 5) is 11.5. The largest absolute Gasteiger partial charge is 0.509 e. The zero-order valence-electron chi connectivity index (χ0n) is 10.8. The van der Waals surface area contributed by atoms with Gasteiger partial charge in [0.1, 0.15) is 11.2 Å². The Morgan fingerprint density at radius 2 is 1.47 bits per heavy atom. The van der Waals surface area contributed by atoms with Crippen LogP contribution in [0.1, 0.15) is 60.8 Å². The summed E-state index contributed by atoms with van der Waals surface area (Å²) >= 11 is 0. The molecule has 0 spiro atoms. The minimum atomic E-state index is -0.569. The molecule has 3 nitrogen and oxygen atoms in total. The van der Waals surface area contributed by atoms with E-state index in [-0.39, 0.29) is 0 Å². The summed E-state index contributed by atoms with van der Waals surface area (Å²) in [6, 6.07) is 0. The van der Waals surface area contributed by atoms with Crippen molar-refractivity contribution in [3.63, 3.8) is 0 Å². The van der Waals surface area contributed by atoms with Crippen LogP contribution >= 0.6 is 0 Å². The van der Waals surface area contributed by atoms with Crippen molar-refractivity contribution in [3.05, 3.63) is 0 Å². The zero-order valence-corrected chi connectivity index (χ0v) is 10.8. The van der Waals surface area contributed by atoms with E-state index in [0.717, 1.165) is 19.3 Å². The third-order valence-corrected chi connectivity index (χ3v) is 2.42. The van der Waals surface area contributed by atoms with E-state index < -0.39 is 17.4 Å². The fourth-order valence-electron chi connectivity index (χ4n) is 1.20. The summed E-state index contributed by atoms with van der Waals surface area (Å²) in [5.74, 6) is 0. The molecule has 0 aliphatic rings. The van der Waals surface area contributed by atoms with Gasteiger partial charge in [0.2, 0.25) is 0 Å². The number of carbonyl (C=O) groups is 1. The predicted octanol–water partition coefficient (Wildman–Crippen LogP) is 3.91. The Balaban J connectivity index is 4.14. The van der Waals surface area contributed by atoms with Crippen molar-refractivity contribution in [1.29, 1.82) is 0 Å². The molecule has 0 fully saturated rings. The highest BCUT2D eigenvalue weighted by Crippen LogP contribution is 2.20. The maximum absolute atomic E-state index is 11.5. The Morgan fingerprint density at radius 1 is 1.00 bits per heavy atom. The molecule has 0 atom stereocenters. The maximum Gasteiger partial charge on any atom is 0.509 e. The molecule has 0 radical (unpaired) electrons. The fraction of sp³-hybridized carbons (Fsp3) is 0.917. The topological polar surface area (TPSA) is 35.5 Å². The number of rotatable bonds is 5. The first-order valence-electron chi connectivity index (χ1n) is 5.64. The van der Waals surface area contributed by atoms with Crippen molar-refractivity contribution in [3.8, 4) is 0 Å². The SMILES string of the molecule is CCCC(C)(C)OC(=O)OC(C)(C)CC. The minimum Gasteiger partial charge on any atom is -0.428 e. The van der Waals surface area contributed by atoms with Crippen LogP contribution in [0.2, 0.25) is 0 Å². The van der Waals surface area contributed by atoms with Gasteiger partial charge in [-0.1, -0.05) is 20.3 Å². The van der Waals surface area contributed by atoms with Gasteiger partial charge >= 0.3 is 6.16 Å². The Kier molecular flexibility index (Phi) is 5.12. The van der Waals surface area contributed by atoms with Crippen LogP contribution < -0.4 is 0 Å². The van der Waals surface area contributed by atoms with Crippen LogP contribution in [-0.2, 0) is 9.47 Å². The smallest absolute Gasteiger partial charge is 0.428 e. The molecule has 0 aromatic carbocycles. The molecule has 0 bridgehead atoms. The van der Waals surface area contributed by atoms with E-state index in [0.29, 0.717) is 0 Å². The molecule has 0 amide bonds. The van der Waals surface area contributed by atoms with E-state index in [1.807, 2.05) is 34.6 Å². The predicted molar refractivity (Wildman–Crippen MR) is 60.9 cm³/mol. The second kappa shape index (κ2) is 5.38. The van der Waals surface area contributed by atoms with Crippen molar-refractivity contribution < 1.29 is 14.3 Å². The van der Waals surface area contributed by atoms with E-state index >= 15 is 0 Å².